The Morgan fingerprint density at radius 1 is 0.371 bits per heavy atom. The average molecular weight is 799 g/mol. The van der Waals surface area contributed by atoms with Gasteiger partial charge in [-0.05, 0) is 58.1 Å². The van der Waals surface area contributed by atoms with E-state index in [0.29, 0.717) is 17.6 Å². The number of nitrogens with zero attached hydrogens (tertiary/aromatic N) is 4. The summed E-state index contributed by atoms with van der Waals surface area (Å²) in [6.45, 7) is 4.25. The Morgan fingerprint density at radius 3 is 1.65 bits per heavy atom. The molecular weight excluding hydrogens is 761 g/mol. The monoisotopic (exact) mass is 798 g/mol. The molecule has 294 valence electrons. The first kappa shape index (κ1) is 35.8. The predicted octanol–water partition coefficient (Wildman–Crippen LogP) is 15.5. The normalized spacial score (nSPS) is 11.8. The molecule has 0 aliphatic carbocycles. The molecular formula is C56H38N4O2. The van der Waals surface area contributed by atoms with Crippen molar-refractivity contribution >= 4 is 87.2 Å². The molecule has 0 aliphatic heterocycles. The Balaban J connectivity index is 0.00000133. The van der Waals surface area contributed by atoms with Crippen molar-refractivity contribution in [2.24, 2.45) is 0 Å². The number of fused-ring (bicyclic) bond motifs is 14. The third-order valence-electron chi connectivity index (χ3n) is 11.8. The summed E-state index contributed by atoms with van der Waals surface area (Å²) in [7, 11) is 0. The van der Waals surface area contributed by atoms with E-state index in [2.05, 4.69) is 146 Å². The number of para-hydroxylation sites is 3. The van der Waals surface area contributed by atoms with Crippen LogP contribution in [0.25, 0.3) is 127 Å². The maximum atomic E-state index is 6.37. The molecule has 9 aromatic carbocycles. The molecule has 0 atom stereocenters. The number of benzene rings is 9. The van der Waals surface area contributed by atoms with Crippen LogP contribution in [0.4, 0.5) is 0 Å². The summed E-state index contributed by atoms with van der Waals surface area (Å²) >= 11 is 0. The van der Waals surface area contributed by atoms with Crippen molar-refractivity contribution in [3.8, 4) is 39.9 Å². The number of hydrogen-bond acceptors (Lipinski definition) is 5. The van der Waals surface area contributed by atoms with Crippen molar-refractivity contribution < 1.29 is 8.83 Å². The van der Waals surface area contributed by atoms with Crippen LogP contribution in [0.15, 0.2) is 191 Å². The minimum absolute atomic E-state index is 0.529. The third kappa shape index (κ3) is 5.53. The summed E-state index contributed by atoms with van der Waals surface area (Å²) in [6, 6.07) is 63.3. The fraction of sp³-hybridized carbons (Fsp3) is 0.0536. The van der Waals surface area contributed by atoms with Crippen molar-refractivity contribution in [3.63, 3.8) is 0 Å². The molecule has 6 nitrogen and oxygen atoms in total. The highest BCUT2D eigenvalue weighted by molar-refractivity contribution is 6.33. The van der Waals surface area contributed by atoms with Gasteiger partial charge in [0.1, 0.15) is 22.3 Å². The van der Waals surface area contributed by atoms with E-state index in [1.807, 2.05) is 54.6 Å². The maximum absolute atomic E-state index is 6.37. The van der Waals surface area contributed by atoms with Gasteiger partial charge in [0, 0.05) is 54.4 Å². The molecule has 62 heavy (non-hydrogen) atoms. The van der Waals surface area contributed by atoms with E-state index in [-0.39, 0.29) is 0 Å². The molecule has 0 amide bonds. The predicted molar refractivity (Wildman–Crippen MR) is 256 cm³/mol. The SMILES string of the molecule is CCC.c1ccc(-c2nc(-c3ccc4c(c3)oc3ccccc34)nc(-n3c4c(-c5ccc6oc7ccccc7c6c5)cccc4c4c5ccccc5c5ccccc5c43)n2)cc1. The van der Waals surface area contributed by atoms with Crippen molar-refractivity contribution in [2.75, 3.05) is 0 Å². The van der Waals surface area contributed by atoms with Gasteiger partial charge in [0.2, 0.25) is 5.95 Å². The maximum Gasteiger partial charge on any atom is 0.238 e. The molecule has 6 heteroatoms. The Kier molecular flexibility index (Phi) is 8.25. The van der Waals surface area contributed by atoms with E-state index in [1.165, 1.54) is 22.6 Å². The van der Waals surface area contributed by atoms with Crippen LogP contribution in [0.1, 0.15) is 20.3 Å². The number of aromatic nitrogens is 4. The Labute approximate surface area is 356 Å². The lowest BCUT2D eigenvalue weighted by Crippen LogP contribution is -2.07. The van der Waals surface area contributed by atoms with Crippen molar-refractivity contribution in [3.05, 3.63) is 182 Å². The summed E-state index contributed by atoms with van der Waals surface area (Å²) in [5.74, 6) is 1.67. The molecule has 0 saturated heterocycles. The van der Waals surface area contributed by atoms with Crippen LogP contribution in [0, 0.1) is 0 Å². The molecule has 0 saturated carbocycles. The van der Waals surface area contributed by atoms with Crippen LogP contribution >= 0.6 is 0 Å². The second kappa shape index (κ2) is 14.3. The zero-order valence-electron chi connectivity index (χ0n) is 34.1. The van der Waals surface area contributed by atoms with Gasteiger partial charge in [-0.25, -0.2) is 4.98 Å². The van der Waals surface area contributed by atoms with Crippen molar-refractivity contribution in [2.45, 2.75) is 20.3 Å². The fourth-order valence-electron chi connectivity index (χ4n) is 9.23. The van der Waals surface area contributed by atoms with Gasteiger partial charge in [0.15, 0.2) is 11.6 Å². The van der Waals surface area contributed by atoms with E-state index in [4.69, 9.17) is 23.8 Å². The van der Waals surface area contributed by atoms with Crippen molar-refractivity contribution in [1.29, 1.82) is 0 Å². The molecule has 0 bridgehead atoms. The fourth-order valence-corrected chi connectivity index (χ4v) is 9.23. The van der Waals surface area contributed by atoms with E-state index in [1.54, 1.807) is 0 Å². The second-order valence-electron chi connectivity index (χ2n) is 15.8. The molecule has 0 aliphatic rings. The van der Waals surface area contributed by atoms with Gasteiger partial charge >= 0.3 is 0 Å². The molecule has 0 N–H and O–H groups in total. The highest BCUT2D eigenvalue weighted by Gasteiger charge is 2.25. The van der Waals surface area contributed by atoms with Gasteiger partial charge in [-0.2, -0.15) is 9.97 Å². The first-order valence-electron chi connectivity index (χ1n) is 21.2. The first-order valence-corrected chi connectivity index (χ1v) is 21.2. The van der Waals surface area contributed by atoms with Crippen LogP contribution in [-0.2, 0) is 0 Å². The first-order chi connectivity index (χ1) is 30.7. The van der Waals surface area contributed by atoms with Gasteiger partial charge in [-0.3, -0.25) is 4.57 Å². The topological polar surface area (TPSA) is 69.9 Å². The molecule has 0 unspecified atom stereocenters. The molecule has 13 rings (SSSR count). The van der Waals surface area contributed by atoms with Gasteiger partial charge in [-0.15, -0.1) is 0 Å². The summed E-state index contributed by atoms with van der Waals surface area (Å²) in [4.78, 5) is 16.0. The number of furan rings is 2. The molecule has 0 fully saturated rings. The lowest BCUT2D eigenvalue weighted by Gasteiger charge is -2.14. The van der Waals surface area contributed by atoms with E-state index >= 15 is 0 Å². The summed E-state index contributed by atoms with van der Waals surface area (Å²) < 4.78 is 14.9. The molecule has 0 radical (unpaired) electrons. The third-order valence-corrected chi connectivity index (χ3v) is 11.8. The van der Waals surface area contributed by atoms with Crippen LogP contribution in [0.2, 0.25) is 0 Å². The average Bonchev–Trinajstić information content (AvgIpc) is 4.01. The molecule has 0 spiro atoms. The summed E-state index contributed by atoms with van der Waals surface area (Å²) in [5.41, 5.74) is 9.28. The standard InChI is InChI=1S/C53H30N4O2.C3H8/c1-2-13-31(14-3-1)51-54-52(33-25-27-39-37-17-8-10-23-44(37)59-47(39)30-33)56-53(55-51)57-49-34(32-26-28-46-43(29-32)38-18-9-11-24-45(38)58-46)21-12-22-42(49)48-40-19-6-4-15-35(40)36-16-5-7-20-41(36)50(48)57;1-3-2/h1-30H;3H2,1-2H3. The zero-order valence-corrected chi connectivity index (χ0v) is 34.1. The van der Waals surface area contributed by atoms with Gasteiger partial charge in [0.05, 0.1) is 11.0 Å². The summed E-state index contributed by atoms with van der Waals surface area (Å²) in [5, 5.41) is 11.2. The van der Waals surface area contributed by atoms with Gasteiger partial charge in [-0.1, -0.05) is 166 Å². The quantitative estimate of drug-likeness (QED) is 0.166. The lowest BCUT2D eigenvalue weighted by molar-refractivity contribution is 0.668. The van der Waals surface area contributed by atoms with Crippen molar-refractivity contribution in [1.82, 2.24) is 19.5 Å². The van der Waals surface area contributed by atoms with Gasteiger partial charge in [0.25, 0.3) is 0 Å². The smallest absolute Gasteiger partial charge is 0.238 e. The Hall–Kier alpha value is -8.09. The van der Waals surface area contributed by atoms with Crippen LogP contribution in [-0.4, -0.2) is 19.5 Å². The minimum atomic E-state index is 0.529. The second-order valence-corrected chi connectivity index (χ2v) is 15.8. The van der Waals surface area contributed by atoms with E-state index in [9.17, 15) is 0 Å². The summed E-state index contributed by atoms with van der Waals surface area (Å²) in [6.07, 6.45) is 1.25. The minimum Gasteiger partial charge on any atom is -0.456 e. The largest absolute Gasteiger partial charge is 0.456 e. The van der Waals surface area contributed by atoms with Crippen LogP contribution in [0.3, 0.4) is 0 Å². The highest BCUT2D eigenvalue weighted by Crippen LogP contribution is 2.45. The highest BCUT2D eigenvalue weighted by atomic mass is 16.3. The van der Waals surface area contributed by atoms with Gasteiger partial charge < -0.3 is 8.83 Å². The Morgan fingerprint density at radius 2 is 0.903 bits per heavy atom. The number of rotatable bonds is 4. The van der Waals surface area contributed by atoms with E-state index in [0.717, 1.165) is 93.3 Å². The molecule has 4 heterocycles. The zero-order chi connectivity index (χ0) is 41.3. The molecule has 4 aromatic heterocycles. The van der Waals surface area contributed by atoms with E-state index < -0.39 is 0 Å². The van der Waals surface area contributed by atoms with Crippen LogP contribution < -0.4 is 0 Å². The lowest BCUT2D eigenvalue weighted by atomic mass is 9.95. The van der Waals surface area contributed by atoms with Crippen LogP contribution in [0.5, 0.6) is 0 Å². The Bertz CT molecular complexity index is 3880. The number of hydrogen-bond donors (Lipinski definition) is 0. The molecule has 13 aromatic rings.